The molecule has 0 aliphatic carbocycles. The zero-order chi connectivity index (χ0) is 28.7. The highest BCUT2D eigenvalue weighted by Gasteiger charge is 2.33. The van der Waals surface area contributed by atoms with Gasteiger partial charge in [-0.1, -0.05) is 66.5 Å². The number of carbonyl (C=O) groups excluding carboxylic acids is 2. The van der Waals surface area contributed by atoms with E-state index in [1.54, 1.807) is 68.4 Å². The van der Waals surface area contributed by atoms with Gasteiger partial charge in [0.05, 0.1) is 10.6 Å². The normalized spacial score (nSPS) is 12.9. The summed E-state index contributed by atoms with van der Waals surface area (Å²) in [4.78, 5) is 28.4. The molecule has 7 nitrogen and oxygen atoms in total. The Labute approximate surface area is 240 Å². The van der Waals surface area contributed by atoms with E-state index in [0.29, 0.717) is 10.0 Å². The van der Waals surface area contributed by atoms with E-state index in [9.17, 15) is 18.0 Å². The van der Waals surface area contributed by atoms with Crippen molar-refractivity contribution in [2.45, 2.75) is 57.6 Å². The van der Waals surface area contributed by atoms with Crippen molar-refractivity contribution in [2.75, 3.05) is 10.8 Å². The molecule has 0 spiro atoms. The molecule has 10 heteroatoms. The lowest BCUT2D eigenvalue weighted by atomic mass is 10.1. The lowest BCUT2D eigenvalue weighted by Crippen LogP contribution is -2.52. The van der Waals surface area contributed by atoms with E-state index >= 15 is 0 Å². The number of benzene rings is 3. The van der Waals surface area contributed by atoms with Crippen molar-refractivity contribution in [3.8, 4) is 0 Å². The highest BCUT2D eigenvalue weighted by molar-refractivity contribution is 7.92. The molecular formula is C29H33Cl2N3O4S. The smallest absolute Gasteiger partial charge is 0.264 e. The van der Waals surface area contributed by atoms with Gasteiger partial charge in [-0.05, 0) is 74.7 Å². The molecule has 2 atom stereocenters. The van der Waals surface area contributed by atoms with E-state index in [0.717, 1.165) is 21.9 Å². The van der Waals surface area contributed by atoms with Crippen molar-refractivity contribution in [1.29, 1.82) is 0 Å². The maximum Gasteiger partial charge on any atom is 0.264 e. The number of amides is 2. The lowest BCUT2D eigenvalue weighted by molar-refractivity contribution is -0.139. The molecular weight excluding hydrogens is 557 g/mol. The zero-order valence-electron chi connectivity index (χ0n) is 22.4. The molecule has 2 unspecified atom stereocenters. The third kappa shape index (κ3) is 7.75. The predicted molar refractivity (Wildman–Crippen MR) is 157 cm³/mol. The monoisotopic (exact) mass is 589 g/mol. The van der Waals surface area contributed by atoms with Crippen molar-refractivity contribution >= 4 is 50.7 Å². The average molecular weight is 591 g/mol. The first-order valence-corrected chi connectivity index (χ1v) is 14.8. The van der Waals surface area contributed by atoms with Crippen LogP contribution in [0.3, 0.4) is 0 Å². The topological polar surface area (TPSA) is 86.8 Å². The van der Waals surface area contributed by atoms with Gasteiger partial charge in [0.25, 0.3) is 10.0 Å². The SMILES string of the molecule is CCC(C)NC(=O)C(C)N(Cc1ccc(Cl)cc1)C(=O)CN(c1ccc(C)c(Cl)c1)S(=O)(=O)c1ccccc1. The number of hydrogen-bond donors (Lipinski definition) is 1. The summed E-state index contributed by atoms with van der Waals surface area (Å²) in [7, 11) is -4.15. The number of nitrogens with one attached hydrogen (secondary N) is 1. The van der Waals surface area contributed by atoms with Gasteiger partial charge in [-0.2, -0.15) is 0 Å². The minimum Gasteiger partial charge on any atom is -0.352 e. The Morgan fingerprint density at radius 3 is 2.18 bits per heavy atom. The molecule has 1 N–H and O–H groups in total. The summed E-state index contributed by atoms with van der Waals surface area (Å²) in [5.74, 6) is -0.879. The van der Waals surface area contributed by atoms with Gasteiger partial charge in [-0.15, -0.1) is 0 Å². The van der Waals surface area contributed by atoms with E-state index in [1.807, 2.05) is 13.8 Å². The Morgan fingerprint density at radius 2 is 1.59 bits per heavy atom. The molecule has 0 fully saturated rings. The second kappa shape index (κ2) is 13.3. The maximum atomic E-state index is 13.9. The molecule has 208 valence electrons. The number of nitrogens with zero attached hydrogens (tertiary/aromatic N) is 2. The van der Waals surface area contributed by atoms with Crippen LogP contribution >= 0.6 is 23.2 Å². The second-order valence-electron chi connectivity index (χ2n) is 9.40. The summed E-state index contributed by atoms with van der Waals surface area (Å²) >= 11 is 12.4. The standard InChI is InChI=1S/C29H33Cl2N3O4S/c1-5-21(3)32-29(36)22(4)33(18-23-12-14-24(30)15-13-23)28(35)19-34(25-16-11-20(2)27(31)17-25)39(37,38)26-9-7-6-8-10-26/h6-17,21-22H,5,18-19H2,1-4H3,(H,32,36). The molecule has 0 heterocycles. The molecule has 0 aliphatic rings. The first kappa shape index (κ1) is 30.5. The Kier molecular flexibility index (Phi) is 10.4. The molecule has 2 amide bonds. The molecule has 0 saturated carbocycles. The highest BCUT2D eigenvalue weighted by Crippen LogP contribution is 2.28. The Hall–Kier alpha value is -3.07. The minimum atomic E-state index is -4.15. The molecule has 3 aromatic carbocycles. The third-order valence-corrected chi connectivity index (χ3v) is 8.94. The quantitative estimate of drug-likeness (QED) is 0.305. The summed E-state index contributed by atoms with van der Waals surface area (Å²) in [5, 5.41) is 3.82. The van der Waals surface area contributed by atoms with Gasteiger partial charge in [-0.25, -0.2) is 8.42 Å². The first-order valence-electron chi connectivity index (χ1n) is 12.6. The Morgan fingerprint density at radius 1 is 0.949 bits per heavy atom. The van der Waals surface area contributed by atoms with E-state index in [-0.39, 0.29) is 29.1 Å². The van der Waals surface area contributed by atoms with Crippen molar-refractivity contribution in [3.05, 3.63) is 94.0 Å². The zero-order valence-corrected chi connectivity index (χ0v) is 24.7. The first-order chi connectivity index (χ1) is 18.4. The second-order valence-corrected chi connectivity index (χ2v) is 12.1. The summed E-state index contributed by atoms with van der Waals surface area (Å²) < 4.78 is 28.6. The lowest BCUT2D eigenvalue weighted by Gasteiger charge is -2.32. The van der Waals surface area contributed by atoms with Crippen LogP contribution in [0.15, 0.2) is 77.7 Å². The molecule has 0 radical (unpaired) electrons. The fourth-order valence-corrected chi connectivity index (χ4v) is 5.55. The number of aryl methyl sites for hydroxylation is 1. The molecule has 0 aliphatic heterocycles. The summed E-state index contributed by atoms with van der Waals surface area (Å²) in [6, 6.07) is 18.7. The van der Waals surface area contributed by atoms with Crippen LogP contribution < -0.4 is 9.62 Å². The van der Waals surface area contributed by atoms with Crippen molar-refractivity contribution in [3.63, 3.8) is 0 Å². The largest absolute Gasteiger partial charge is 0.352 e. The van der Waals surface area contributed by atoms with Gasteiger partial charge in [-0.3, -0.25) is 13.9 Å². The van der Waals surface area contributed by atoms with Gasteiger partial charge < -0.3 is 10.2 Å². The summed E-state index contributed by atoms with van der Waals surface area (Å²) in [6.07, 6.45) is 0.723. The average Bonchev–Trinajstić information content (AvgIpc) is 2.92. The van der Waals surface area contributed by atoms with E-state index in [4.69, 9.17) is 23.2 Å². The van der Waals surface area contributed by atoms with E-state index in [1.165, 1.54) is 23.1 Å². The molecule has 3 aromatic rings. The fraction of sp³-hybridized carbons (Fsp3) is 0.310. The number of hydrogen-bond acceptors (Lipinski definition) is 4. The van der Waals surface area contributed by atoms with Crippen LogP contribution in [0, 0.1) is 6.92 Å². The number of carbonyl (C=O) groups is 2. The van der Waals surface area contributed by atoms with E-state index in [2.05, 4.69) is 5.32 Å². The van der Waals surface area contributed by atoms with Crippen LogP contribution in [-0.2, 0) is 26.2 Å². The molecule has 3 rings (SSSR count). The van der Waals surface area contributed by atoms with Crippen molar-refractivity contribution in [1.82, 2.24) is 10.2 Å². The van der Waals surface area contributed by atoms with Gasteiger partial charge in [0.2, 0.25) is 11.8 Å². The van der Waals surface area contributed by atoms with Crippen LogP contribution in [-0.4, -0.2) is 43.8 Å². The Balaban J connectivity index is 2.03. The number of sulfonamides is 1. The van der Waals surface area contributed by atoms with E-state index < -0.39 is 28.5 Å². The van der Waals surface area contributed by atoms with Crippen LogP contribution in [0.1, 0.15) is 38.3 Å². The number of halogens is 2. The summed E-state index contributed by atoms with van der Waals surface area (Å²) in [5.41, 5.74) is 1.75. The summed E-state index contributed by atoms with van der Waals surface area (Å²) in [6.45, 7) is 6.81. The maximum absolute atomic E-state index is 13.9. The van der Waals surface area contributed by atoms with Crippen LogP contribution in [0.25, 0.3) is 0 Å². The van der Waals surface area contributed by atoms with Crippen molar-refractivity contribution < 1.29 is 18.0 Å². The molecule has 0 aromatic heterocycles. The Bertz CT molecular complexity index is 1400. The van der Waals surface area contributed by atoms with Crippen LogP contribution in [0.5, 0.6) is 0 Å². The van der Waals surface area contributed by atoms with Gasteiger partial charge in [0.15, 0.2) is 0 Å². The molecule has 39 heavy (non-hydrogen) atoms. The van der Waals surface area contributed by atoms with Crippen LogP contribution in [0.2, 0.25) is 10.0 Å². The number of anilines is 1. The molecule has 0 bridgehead atoms. The predicted octanol–water partition coefficient (Wildman–Crippen LogP) is 5.83. The molecule has 0 saturated heterocycles. The van der Waals surface area contributed by atoms with Crippen molar-refractivity contribution in [2.24, 2.45) is 0 Å². The van der Waals surface area contributed by atoms with Gasteiger partial charge >= 0.3 is 0 Å². The van der Waals surface area contributed by atoms with Gasteiger partial charge in [0, 0.05) is 22.6 Å². The third-order valence-electron chi connectivity index (χ3n) is 6.49. The van der Waals surface area contributed by atoms with Crippen LogP contribution in [0.4, 0.5) is 5.69 Å². The highest BCUT2D eigenvalue weighted by atomic mass is 35.5. The number of rotatable bonds is 11. The fourth-order valence-electron chi connectivity index (χ4n) is 3.82. The van der Waals surface area contributed by atoms with Gasteiger partial charge in [0.1, 0.15) is 12.6 Å². The minimum absolute atomic E-state index is 0.0290.